The number of hydrogen-bond donors (Lipinski definition) is 0. The van der Waals surface area contributed by atoms with Crippen molar-refractivity contribution in [1.29, 1.82) is 0 Å². The van der Waals surface area contributed by atoms with Crippen molar-refractivity contribution in [3.05, 3.63) is 120 Å². The molecule has 0 amide bonds. The fourth-order valence-electron chi connectivity index (χ4n) is 4.07. The van der Waals surface area contributed by atoms with E-state index >= 15 is 0 Å². The van der Waals surface area contributed by atoms with Crippen LogP contribution in [0.4, 0.5) is 0 Å². The van der Waals surface area contributed by atoms with E-state index in [9.17, 15) is 0 Å². The molecular weight excluding hydrogens is 288 g/mol. The highest BCUT2D eigenvalue weighted by Gasteiger charge is 2.34. The maximum atomic E-state index is 2.34. The molecule has 118 valence electrons. The summed E-state index contributed by atoms with van der Waals surface area (Å²) in [5.74, 6) is 1.75. The molecule has 0 N–H and O–H groups in total. The number of benzene rings is 2. The van der Waals surface area contributed by atoms with E-state index in [1.807, 2.05) is 0 Å². The second-order valence-electron chi connectivity index (χ2n) is 6.57. The fourth-order valence-corrected chi connectivity index (χ4v) is 4.07. The minimum Gasteiger partial charge on any atom is -0.0770 e. The first-order chi connectivity index (χ1) is 11.9. The SMILES string of the molecule is C1=CC(C(c2ccccc2)C(c2ccccc2)C2C=CC=C2)C=C1. The summed E-state index contributed by atoms with van der Waals surface area (Å²) in [6.45, 7) is 0. The van der Waals surface area contributed by atoms with Gasteiger partial charge in [-0.2, -0.15) is 0 Å². The third-order valence-electron chi connectivity index (χ3n) is 5.14. The summed E-state index contributed by atoms with van der Waals surface area (Å²) in [4.78, 5) is 0. The van der Waals surface area contributed by atoms with Crippen LogP contribution in [0.1, 0.15) is 23.0 Å². The predicted molar refractivity (Wildman–Crippen MR) is 102 cm³/mol. The topological polar surface area (TPSA) is 0 Å². The van der Waals surface area contributed by atoms with Gasteiger partial charge in [0.2, 0.25) is 0 Å². The molecule has 2 unspecified atom stereocenters. The molecule has 0 fully saturated rings. The first kappa shape index (κ1) is 15.0. The van der Waals surface area contributed by atoms with E-state index in [1.165, 1.54) is 11.1 Å². The summed E-state index contributed by atoms with van der Waals surface area (Å²) in [5, 5.41) is 0. The predicted octanol–water partition coefficient (Wildman–Crippen LogP) is 6.04. The number of rotatable bonds is 5. The Bertz CT molecular complexity index is 684. The van der Waals surface area contributed by atoms with Crippen molar-refractivity contribution in [2.24, 2.45) is 11.8 Å². The Morgan fingerprint density at radius 3 is 1.12 bits per heavy atom. The molecule has 0 nitrogen and oxygen atoms in total. The van der Waals surface area contributed by atoms with Crippen LogP contribution in [0.2, 0.25) is 0 Å². The zero-order valence-electron chi connectivity index (χ0n) is 13.7. The maximum absolute atomic E-state index is 2.34. The molecule has 2 aromatic rings. The van der Waals surface area contributed by atoms with Gasteiger partial charge in [0.15, 0.2) is 0 Å². The van der Waals surface area contributed by atoms with Crippen LogP contribution in [0.15, 0.2) is 109 Å². The van der Waals surface area contributed by atoms with E-state index in [4.69, 9.17) is 0 Å². The van der Waals surface area contributed by atoms with Crippen LogP contribution < -0.4 is 0 Å². The molecule has 0 saturated heterocycles. The van der Waals surface area contributed by atoms with E-state index in [0.717, 1.165) is 0 Å². The minimum absolute atomic E-state index is 0.431. The Kier molecular flexibility index (Phi) is 4.29. The van der Waals surface area contributed by atoms with Gasteiger partial charge in [-0.25, -0.2) is 0 Å². The summed E-state index contributed by atoms with van der Waals surface area (Å²) < 4.78 is 0. The lowest BCUT2D eigenvalue weighted by Crippen LogP contribution is -2.22. The Morgan fingerprint density at radius 2 is 0.792 bits per heavy atom. The fraction of sp³-hybridized carbons (Fsp3) is 0.167. The summed E-state index contributed by atoms with van der Waals surface area (Å²) >= 11 is 0. The Labute approximate surface area is 144 Å². The summed E-state index contributed by atoms with van der Waals surface area (Å²) in [6.07, 6.45) is 18.1. The highest BCUT2D eigenvalue weighted by atomic mass is 14.4. The van der Waals surface area contributed by atoms with Crippen LogP contribution in [-0.4, -0.2) is 0 Å². The molecule has 24 heavy (non-hydrogen) atoms. The molecule has 0 bridgehead atoms. The number of allylic oxidation sites excluding steroid dienone is 8. The van der Waals surface area contributed by atoms with Gasteiger partial charge in [0.1, 0.15) is 0 Å². The van der Waals surface area contributed by atoms with E-state index < -0.39 is 0 Å². The molecule has 0 aliphatic heterocycles. The first-order valence-corrected chi connectivity index (χ1v) is 8.73. The smallest absolute Gasteiger partial charge is 0.00277 e. The zero-order valence-corrected chi connectivity index (χ0v) is 13.7. The summed E-state index contributed by atoms with van der Waals surface area (Å²) in [6, 6.07) is 22.0. The normalized spacial score (nSPS) is 19.2. The molecule has 0 heteroatoms. The molecule has 4 rings (SSSR count). The van der Waals surface area contributed by atoms with Crippen LogP contribution in [0.25, 0.3) is 0 Å². The molecule has 0 spiro atoms. The molecule has 0 saturated carbocycles. The second kappa shape index (κ2) is 6.88. The Hall–Kier alpha value is -2.60. The molecule has 0 heterocycles. The number of hydrogen-bond acceptors (Lipinski definition) is 0. The van der Waals surface area contributed by atoms with Crippen molar-refractivity contribution < 1.29 is 0 Å². The van der Waals surface area contributed by atoms with Gasteiger partial charge >= 0.3 is 0 Å². The zero-order chi connectivity index (χ0) is 16.2. The van der Waals surface area contributed by atoms with E-state index in [-0.39, 0.29) is 0 Å². The van der Waals surface area contributed by atoms with Crippen molar-refractivity contribution in [3.63, 3.8) is 0 Å². The lowest BCUT2D eigenvalue weighted by molar-refractivity contribution is 0.437. The third kappa shape index (κ3) is 2.92. The first-order valence-electron chi connectivity index (χ1n) is 8.73. The molecule has 2 aliphatic rings. The molecular formula is C24H22. The lowest BCUT2D eigenvalue weighted by atomic mass is 9.69. The molecule has 0 aromatic heterocycles. The largest absolute Gasteiger partial charge is 0.0770 e. The lowest BCUT2D eigenvalue weighted by Gasteiger charge is -2.34. The van der Waals surface area contributed by atoms with Gasteiger partial charge in [0, 0.05) is 23.7 Å². The second-order valence-corrected chi connectivity index (χ2v) is 6.57. The quantitative estimate of drug-likeness (QED) is 0.631. The van der Waals surface area contributed by atoms with E-state index in [0.29, 0.717) is 23.7 Å². The average Bonchev–Trinajstić information content (AvgIpc) is 3.35. The minimum atomic E-state index is 0.431. The van der Waals surface area contributed by atoms with Crippen LogP contribution in [0.5, 0.6) is 0 Å². The van der Waals surface area contributed by atoms with Gasteiger partial charge in [-0.1, -0.05) is 109 Å². The monoisotopic (exact) mass is 310 g/mol. The Balaban J connectivity index is 1.82. The van der Waals surface area contributed by atoms with Crippen LogP contribution in [0, 0.1) is 11.8 Å². The molecule has 2 atom stereocenters. The molecule has 0 radical (unpaired) electrons. The summed E-state index contributed by atoms with van der Waals surface area (Å²) in [5.41, 5.74) is 2.84. The van der Waals surface area contributed by atoms with Gasteiger partial charge < -0.3 is 0 Å². The van der Waals surface area contributed by atoms with Crippen molar-refractivity contribution in [2.45, 2.75) is 11.8 Å². The standard InChI is InChI=1S/C24H22/c1-3-11-19(12-4-1)23(21-15-7-8-16-21)24(22-17-9-10-18-22)20-13-5-2-6-14-20/h1-18,21-24H. The van der Waals surface area contributed by atoms with E-state index in [2.05, 4.69) is 109 Å². The molecule has 2 aliphatic carbocycles. The van der Waals surface area contributed by atoms with Crippen LogP contribution in [-0.2, 0) is 0 Å². The van der Waals surface area contributed by atoms with Gasteiger partial charge in [-0.3, -0.25) is 0 Å². The van der Waals surface area contributed by atoms with E-state index in [1.54, 1.807) is 0 Å². The highest BCUT2D eigenvalue weighted by Crippen LogP contribution is 2.46. The maximum Gasteiger partial charge on any atom is 0.00277 e. The molecule has 2 aromatic carbocycles. The Morgan fingerprint density at radius 1 is 0.458 bits per heavy atom. The van der Waals surface area contributed by atoms with Crippen molar-refractivity contribution in [2.75, 3.05) is 0 Å². The highest BCUT2D eigenvalue weighted by molar-refractivity contribution is 5.38. The van der Waals surface area contributed by atoms with Crippen LogP contribution >= 0.6 is 0 Å². The van der Waals surface area contributed by atoms with Gasteiger partial charge in [0.25, 0.3) is 0 Å². The van der Waals surface area contributed by atoms with Gasteiger partial charge in [0.05, 0.1) is 0 Å². The van der Waals surface area contributed by atoms with Gasteiger partial charge in [-0.15, -0.1) is 0 Å². The van der Waals surface area contributed by atoms with Crippen molar-refractivity contribution in [1.82, 2.24) is 0 Å². The van der Waals surface area contributed by atoms with Gasteiger partial charge in [-0.05, 0) is 11.1 Å². The summed E-state index contributed by atoms with van der Waals surface area (Å²) in [7, 11) is 0. The average molecular weight is 310 g/mol. The van der Waals surface area contributed by atoms with Crippen LogP contribution in [0.3, 0.4) is 0 Å². The van der Waals surface area contributed by atoms with Crippen molar-refractivity contribution in [3.8, 4) is 0 Å². The van der Waals surface area contributed by atoms with Crippen molar-refractivity contribution >= 4 is 0 Å². The third-order valence-corrected chi connectivity index (χ3v) is 5.14.